The van der Waals surface area contributed by atoms with Crippen LogP contribution in [0.25, 0.3) is 17.2 Å². The fraction of sp³-hybridized carbons (Fsp3) is 0.300. The molecule has 27 heavy (non-hydrogen) atoms. The molecular formula is C20H21N5OS. The predicted octanol–water partition coefficient (Wildman–Crippen LogP) is 3.80. The third kappa shape index (κ3) is 3.42. The molecule has 1 amide bonds. The molecule has 0 spiro atoms. The second kappa shape index (κ2) is 7.08. The van der Waals surface area contributed by atoms with E-state index < -0.39 is 0 Å². The first kappa shape index (κ1) is 17.6. The molecule has 0 bridgehead atoms. The van der Waals surface area contributed by atoms with Gasteiger partial charge in [-0.2, -0.15) is 5.10 Å². The number of amides is 1. The highest BCUT2D eigenvalue weighted by molar-refractivity contribution is 7.12. The summed E-state index contributed by atoms with van der Waals surface area (Å²) in [5.74, 6) is 0.693. The molecule has 1 saturated carbocycles. The van der Waals surface area contributed by atoms with Gasteiger partial charge in [-0.15, -0.1) is 17.9 Å². The third-order valence-electron chi connectivity index (χ3n) is 4.57. The summed E-state index contributed by atoms with van der Waals surface area (Å²) < 4.78 is 1.72. The Kier molecular flexibility index (Phi) is 4.61. The zero-order chi connectivity index (χ0) is 19.0. The molecule has 6 nitrogen and oxygen atoms in total. The molecule has 0 atom stereocenters. The molecule has 3 aromatic heterocycles. The average Bonchev–Trinajstić information content (AvgIpc) is 3.31. The van der Waals surface area contributed by atoms with Crippen molar-refractivity contribution >= 4 is 17.2 Å². The number of nitrogens with one attached hydrogen (secondary N) is 1. The number of aromatic nitrogens is 4. The van der Waals surface area contributed by atoms with Crippen molar-refractivity contribution in [2.45, 2.75) is 32.6 Å². The van der Waals surface area contributed by atoms with E-state index in [1.54, 1.807) is 34.5 Å². The second-order valence-electron chi connectivity index (χ2n) is 6.70. The number of nitrogens with zero attached hydrogens (tertiary/aromatic N) is 4. The van der Waals surface area contributed by atoms with Gasteiger partial charge >= 0.3 is 0 Å². The lowest BCUT2D eigenvalue weighted by molar-refractivity contribution is 0.0957. The number of hydrogen-bond donors (Lipinski definition) is 1. The second-order valence-corrected chi connectivity index (χ2v) is 8.16. The van der Waals surface area contributed by atoms with Gasteiger partial charge in [0.05, 0.1) is 23.1 Å². The van der Waals surface area contributed by atoms with E-state index in [4.69, 9.17) is 4.98 Å². The minimum absolute atomic E-state index is 0.136. The van der Waals surface area contributed by atoms with Crippen LogP contribution in [0.3, 0.4) is 0 Å². The van der Waals surface area contributed by atoms with Gasteiger partial charge in [0.2, 0.25) is 0 Å². The number of hydrogen-bond acceptors (Lipinski definition) is 5. The first-order chi connectivity index (χ1) is 13.1. The topological polar surface area (TPSA) is 72.7 Å². The van der Waals surface area contributed by atoms with Crippen molar-refractivity contribution in [2.75, 3.05) is 6.54 Å². The molecule has 0 radical (unpaired) electrons. The number of thiophene rings is 1. The molecule has 0 aliphatic heterocycles. The lowest BCUT2D eigenvalue weighted by Gasteiger charge is -2.09. The van der Waals surface area contributed by atoms with Crippen LogP contribution < -0.4 is 5.32 Å². The monoisotopic (exact) mass is 379 g/mol. The van der Waals surface area contributed by atoms with Crippen LogP contribution in [0.5, 0.6) is 0 Å². The zero-order valence-corrected chi connectivity index (χ0v) is 16.2. The Labute approximate surface area is 162 Å². The lowest BCUT2D eigenvalue weighted by Crippen LogP contribution is -2.24. The molecule has 0 saturated heterocycles. The Bertz CT molecular complexity index is 1020. The lowest BCUT2D eigenvalue weighted by atomic mass is 10.1. The normalized spacial score (nSPS) is 13.6. The van der Waals surface area contributed by atoms with E-state index in [2.05, 4.69) is 41.9 Å². The van der Waals surface area contributed by atoms with Crippen molar-refractivity contribution in [2.24, 2.45) is 0 Å². The highest BCUT2D eigenvalue weighted by Gasteiger charge is 2.33. The molecule has 4 rings (SSSR count). The number of carbonyl (C=O) groups is 1. The SMILES string of the molecule is C=CCNC(=O)c1cnn(-c2nccc(-c3cc(C)sc3C)n2)c1C1CC1. The summed E-state index contributed by atoms with van der Waals surface area (Å²) in [6.45, 7) is 8.26. The molecule has 1 N–H and O–H groups in total. The molecule has 0 unspecified atom stereocenters. The van der Waals surface area contributed by atoms with Gasteiger partial charge in [-0.3, -0.25) is 4.79 Å². The maximum atomic E-state index is 12.5. The van der Waals surface area contributed by atoms with E-state index in [0.29, 0.717) is 24.0 Å². The van der Waals surface area contributed by atoms with Crippen LogP contribution >= 0.6 is 11.3 Å². The van der Waals surface area contributed by atoms with Crippen molar-refractivity contribution in [3.8, 4) is 17.2 Å². The van der Waals surface area contributed by atoms with Gasteiger partial charge in [-0.25, -0.2) is 14.6 Å². The zero-order valence-electron chi connectivity index (χ0n) is 15.4. The van der Waals surface area contributed by atoms with E-state index in [-0.39, 0.29) is 5.91 Å². The fourth-order valence-corrected chi connectivity index (χ4v) is 4.12. The van der Waals surface area contributed by atoms with Crippen molar-refractivity contribution in [1.82, 2.24) is 25.1 Å². The van der Waals surface area contributed by atoms with Gasteiger partial charge in [0.1, 0.15) is 0 Å². The number of carbonyl (C=O) groups excluding carboxylic acids is 1. The summed E-state index contributed by atoms with van der Waals surface area (Å²) in [4.78, 5) is 24.1. The van der Waals surface area contributed by atoms with E-state index in [1.807, 2.05) is 6.07 Å². The van der Waals surface area contributed by atoms with Crippen LogP contribution in [-0.4, -0.2) is 32.2 Å². The highest BCUT2D eigenvalue weighted by atomic mass is 32.1. The molecule has 1 aliphatic carbocycles. The van der Waals surface area contributed by atoms with E-state index in [0.717, 1.165) is 29.8 Å². The Hall–Kier alpha value is -2.80. The molecule has 138 valence electrons. The van der Waals surface area contributed by atoms with Crippen LogP contribution in [0, 0.1) is 13.8 Å². The number of aryl methyl sites for hydroxylation is 2. The van der Waals surface area contributed by atoms with Crippen LogP contribution in [0.2, 0.25) is 0 Å². The molecule has 1 fully saturated rings. The quantitative estimate of drug-likeness (QED) is 0.661. The summed E-state index contributed by atoms with van der Waals surface area (Å²) >= 11 is 1.76. The molecule has 0 aromatic carbocycles. The third-order valence-corrected chi connectivity index (χ3v) is 5.54. The Morgan fingerprint density at radius 1 is 1.44 bits per heavy atom. The van der Waals surface area contributed by atoms with Gasteiger partial charge in [0.15, 0.2) is 0 Å². The van der Waals surface area contributed by atoms with E-state index in [9.17, 15) is 4.79 Å². The van der Waals surface area contributed by atoms with Crippen LogP contribution in [0.1, 0.15) is 44.6 Å². The smallest absolute Gasteiger partial charge is 0.255 e. The molecule has 3 aromatic rings. The largest absolute Gasteiger partial charge is 0.348 e. The molecule has 3 heterocycles. The van der Waals surface area contributed by atoms with Crippen molar-refractivity contribution in [3.05, 3.63) is 58.2 Å². The summed E-state index contributed by atoms with van der Waals surface area (Å²) in [6.07, 6.45) is 7.13. The maximum Gasteiger partial charge on any atom is 0.255 e. The van der Waals surface area contributed by atoms with E-state index >= 15 is 0 Å². The van der Waals surface area contributed by atoms with Crippen LogP contribution in [0.15, 0.2) is 37.2 Å². The van der Waals surface area contributed by atoms with E-state index in [1.165, 1.54) is 9.75 Å². The van der Waals surface area contributed by atoms with Gasteiger partial charge in [-0.1, -0.05) is 6.08 Å². The van der Waals surface area contributed by atoms with Crippen molar-refractivity contribution < 1.29 is 4.79 Å². The molecule has 1 aliphatic rings. The van der Waals surface area contributed by atoms with Gasteiger partial charge in [0, 0.05) is 34.0 Å². The summed E-state index contributed by atoms with van der Waals surface area (Å²) in [7, 11) is 0. The average molecular weight is 379 g/mol. The highest BCUT2D eigenvalue weighted by Crippen LogP contribution is 2.42. The Morgan fingerprint density at radius 2 is 2.26 bits per heavy atom. The summed E-state index contributed by atoms with van der Waals surface area (Å²) in [5.41, 5.74) is 3.48. The minimum Gasteiger partial charge on any atom is -0.348 e. The first-order valence-electron chi connectivity index (χ1n) is 8.96. The van der Waals surface area contributed by atoms with Gasteiger partial charge < -0.3 is 5.32 Å². The summed E-state index contributed by atoms with van der Waals surface area (Å²) in [5, 5.41) is 7.28. The molecule has 7 heteroatoms. The first-order valence-corrected chi connectivity index (χ1v) is 9.78. The van der Waals surface area contributed by atoms with Gasteiger partial charge in [0.25, 0.3) is 11.9 Å². The Morgan fingerprint density at radius 3 is 2.93 bits per heavy atom. The van der Waals surface area contributed by atoms with Crippen molar-refractivity contribution in [3.63, 3.8) is 0 Å². The van der Waals surface area contributed by atoms with Crippen molar-refractivity contribution in [1.29, 1.82) is 0 Å². The Balaban J connectivity index is 1.75. The maximum absolute atomic E-state index is 12.5. The minimum atomic E-state index is -0.136. The molecular weight excluding hydrogens is 358 g/mol. The van der Waals surface area contributed by atoms with Crippen LogP contribution in [-0.2, 0) is 0 Å². The summed E-state index contributed by atoms with van der Waals surface area (Å²) in [6, 6.07) is 4.06. The number of rotatable bonds is 6. The fourth-order valence-electron chi connectivity index (χ4n) is 3.19. The predicted molar refractivity (Wildman–Crippen MR) is 106 cm³/mol. The standard InChI is InChI=1S/C20H21N5OS/c1-4-8-21-19(26)16-11-23-25(18(16)14-5-6-14)20-22-9-7-17(24-20)15-10-12(2)27-13(15)3/h4,7,9-11,14H,1,5-6,8H2,2-3H3,(H,21,26). The van der Waals surface area contributed by atoms with Crippen LogP contribution in [0.4, 0.5) is 0 Å². The van der Waals surface area contributed by atoms with Gasteiger partial charge in [-0.05, 0) is 38.8 Å².